The molecule has 2 aliphatic carbocycles. The molecule has 4 atom stereocenters. The van der Waals surface area contributed by atoms with E-state index in [1.54, 1.807) is 25.3 Å². The van der Waals surface area contributed by atoms with Crippen LogP contribution >= 0.6 is 15.8 Å². The van der Waals surface area contributed by atoms with Gasteiger partial charge in [-0.1, -0.05) is 44.6 Å². The molecule has 2 bridgehead atoms. The largest absolute Gasteiger partial charge is 0.776 e. The summed E-state index contributed by atoms with van der Waals surface area (Å²) in [6.07, 6.45) is 10.6. The quantitative estimate of drug-likeness (QED) is 0.332. The predicted molar refractivity (Wildman–Crippen MR) is 121 cm³/mol. The van der Waals surface area contributed by atoms with Crippen LogP contribution in [0.25, 0.3) is 5.76 Å². The first-order chi connectivity index (χ1) is 14.3. The molecule has 0 saturated heterocycles. The van der Waals surface area contributed by atoms with Gasteiger partial charge in [-0.15, -0.1) is 6.42 Å². The molecular formula is C24H23O4P2-. The zero-order valence-electron chi connectivity index (χ0n) is 16.9. The summed E-state index contributed by atoms with van der Waals surface area (Å²) in [5.41, 5.74) is 3.29. The second-order valence-corrected chi connectivity index (χ2v) is 10.2. The molecule has 1 saturated carbocycles. The molecule has 0 heterocycles. The Labute approximate surface area is 180 Å². The summed E-state index contributed by atoms with van der Waals surface area (Å²) in [6.45, 7) is 2.13. The van der Waals surface area contributed by atoms with Gasteiger partial charge in [-0.25, -0.2) is 0 Å². The summed E-state index contributed by atoms with van der Waals surface area (Å²) in [6, 6.07) is 7.05. The summed E-state index contributed by atoms with van der Waals surface area (Å²) in [5.74, 6) is 15.2. The van der Waals surface area contributed by atoms with Crippen LogP contribution in [0.4, 0.5) is 0 Å². The Morgan fingerprint density at radius 2 is 2.10 bits per heavy atom. The number of methoxy groups -OCH3 is 1. The molecule has 1 aromatic rings. The third-order valence-electron chi connectivity index (χ3n) is 5.44. The van der Waals surface area contributed by atoms with E-state index < -0.39 is 7.23 Å². The van der Waals surface area contributed by atoms with E-state index in [0.717, 1.165) is 30.6 Å². The fourth-order valence-corrected chi connectivity index (χ4v) is 5.08. The van der Waals surface area contributed by atoms with E-state index in [0.29, 0.717) is 0 Å². The van der Waals surface area contributed by atoms with Gasteiger partial charge >= 0.3 is 0 Å². The number of hydrogen-bond donors (Lipinski definition) is 1. The molecule has 0 aromatic heterocycles. The van der Waals surface area contributed by atoms with Crippen LogP contribution in [0.5, 0.6) is 5.75 Å². The van der Waals surface area contributed by atoms with Crippen molar-refractivity contribution in [3.8, 4) is 41.8 Å². The van der Waals surface area contributed by atoms with Crippen molar-refractivity contribution >= 4 is 21.5 Å². The first kappa shape index (κ1) is 22.3. The standard InChI is InChI=1S/C24H23O4P2/c1-4-5-6-7-10-18-15-17(2)21-13-9-14-22(18)23(21)24(27-3)19-11-8-12-20(16-19)28-30(25,26)29/h1,8,11-12,15-16,18,21-22,29H,9,13-14H2,2-3H3,(H-,25,26)/q-1/b24-23-. The van der Waals surface area contributed by atoms with E-state index >= 15 is 0 Å². The molecule has 1 N–H and O–H groups in total. The number of rotatable bonds is 4. The highest BCUT2D eigenvalue weighted by Gasteiger charge is 2.39. The molecule has 0 aliphatic heterocycles. The number of ether oxygens (including phenoxy) is 1. The van der Waals surface area contributed by atoms with Gasteiger partial charge in [0.25, 0.3) is 0 Å². The molecule has 3 rings (SSSR count). The SMILES string of the molecule is C#CC#CC#CC1C=C(C)C2CCCC1/C2=C(\OC)c1cccc(OP([O-])(O)=P)c1. The van der Waals surface area contributed by atoms with Crippen molar-refractivity contribution in [3.05, 3.63) is 47.1 Å². The Morgan fingerprint density at radius 1 is 1.30 bits per heavy atom. The highest BCUT2D eigenvalue weighted by molar-refractivity contribution is 7.87. The lowest BCUT2D eigenvalue weighted by Gasteiger charge is -2.41. The molecule has 30 heavy (non-hydrogen) atoms. The van der Waals surface area contributed by atoms with Crippen molar-refractivity contribution in [2.24, 2.45) is 17.8 Å². The highest BCUT2D eigenvalue weighted by atomic mass is 31.8. The predicted octanol–water partition coefficient (Wildman–Crippen LogP) is 4.23. The number of fused-ring (bicyclic) bond motifs is 2. The summed E-state index contributed by atoms with van der Waals surface area (Å²) in [7, 11) is 0.527. The third-order valence-corrected chi connectivity index (χ3v) is 6.17. The van der Waals surface area contributed by atoms with Crippen molar-refractivity contribution in [2.45, 2.75) is 26.2 Å². The smallest absolute Gasteiger partial charge is 0.126 e. The van der Waals surface area contributed by atoms with Crippen molar-refractivity contribution < 1.29 is 19.0 Å². The van der Waals surface area contributed by atoms with Gasteiger partial charge in [0.15, 0.2) is 0 Å². The third kappa shape index (κ3) is 5.21. The van der Waals surface area contributed by atoms with Gasteiger partial charge in [0.05, 0.1) is 7.11 Å². The van der Waals surface area contributed by atoms with Crippen LogP contribution in [0.1, 0.15) is 31.7 Å². The second-order valence-electron chi connectivity index (χ2n) is 7.32. The molecule has 6 heteroatoms. The fourth-order valence-electron chi connectivity index (χ4n) is 4.37. The normalized spacial score (nSPS) is 25.7. The number of hydrogen-bond acceptors (Lipinski definition) is 3. The number of allylic oxidation sites excluding steroid dienone is 3. The van der Waals surface area contributed by atoms with Crippen LogP contribution in [-0.4, -0.2) is 12.0 Å². The van der Waals surface area contributed by atoms with Gasteiger partial charge in [0.2, 0.25) is 0 Å². The van der Waals surface area contributed by atoms with Crippen LogP contribution in [0.2, 0.25) is 0 Å². The lowest BCUT2D eigenvalue weighted by Crippen LogP contribution is -2.31. The molecule has 154 valence electrons. The summed E-state index contributed by atoms with van der Waals surface area (Å²) in [4.78, 5) is 21.1. The van der Waals surface area contributed by atoms with Crippen LogP contribution in [0.15, 0.2) is 41.5 Å². The topological polar surface area (TPSA) is 61.8 Å². The maximum atomic E-state index is 11.6. The minimum atomic E-state index is -3.84. The van der Waals surface area contributed by atoms with Gasteiger partial charge < -0.3 is 19.0 Å². The van der Waals surface area contributed by atoms with Crippen LogP contribution in [0.3, 0.4) is 0 Å². The van der Waals surface area contributed by atoms with Gasteiger partial charge in [-0.2, -0.15) is 0 Å². The van der Waals surface area contributed by atoms with Crippen LogP contribution < -0.4 is 9.42 Å². The van der Waals surface area contributed by atoms with E-state index in [2.05, 4.69) is 51.1 Å². The molecular weight excluding hydrogens is 414 g/mol. The minimum absolute atomic E-state index is 0.0353. The Kier molecular flexibility index (Phi) is 7.16. The average molecular weight is 437 g/mol. The van der Waals surface area contributed by atoms with E-state index in [4.69, 9.17) is 15.7 Å². The Hall–Kier alpha value is -2.37. The monoisotopic (exact) mass is 437 g/mol. The lowest BCUT2D eigenvalue weighted by molar-refractivity contribution is -0.193. The molecule has 2 aliphatic rings. The molecule has 4 unspecified atom stereocenters. The maximum Gasteiger partial charge on any atom is 0.126 e. The number of terminal acetylenes is 1. The van der Waals surface area contributed by atoms with E-state index in [1.807, 2.05) is 6.07 Å². The maximum absolute atomic E-state index is 11.6. The van der Waals surface area contributed by atoms with Crippen molar-refractivity contribution in [2.75, 3.05) is 7.11 Å². The van der Waals surface area contributed by atoms with Gasteiger partial charge in [-0.05, 0) is 61.2 Å². The molecule has 1 fully saturated rings. The van der Waals surface area contributed by atoms with Crippen molar-refractivity contribution in [3.63, 3.8) is 0 Å². The first-order valence-electron chi connectivity index (χ1n) is 9.64. The van der Waals surface area contributed by atoms with Gasteiger partial charge in [-0.3, -0.25) is 0 Å². The Morgan fingerprint density at radius 3 is 2.80 bits per heavy atom. The summed E-state index contributed by atoms with van der Waals surface area (Å²) < 4.78 is 11.0. The molecule has 0 amide bonds. The summed E-state index contributed by atoms with van der Waals surface area (Å²) >= 11 is 0. The fraction of sp³-hybridized carbons (Fsp3) is 0.333. The van der Waals surface area contributed by atoms with Crippen molar-refractivity contribution in [1.82, 2.24) is 0 Å². The van der Waals surface area contributed by atoms with Crippen LogP contribution in [0, 0.1) is 53.8 Å². The zero-order valence-corrected chi connectivity index (χ0v) is 18.8. The summed E-state index contributed by atoms with van der Waals surface area (Å²) in [5, 5.41) is 0. The number of benzene rings is 1. The van der Waals surface area contributed by atoms with Gasteiger partial charge in [0.1, 0.15) is 18.7 Å². The molecule has 4 nitrogen and oxygen atoms in total. The van der Waals surface area contributed by atoms with Crippen LogP contribution in [-0.2, 0) is 4.74 Å². The molecule has 1 aromatic carbocycles. The Bertz CT molecular complexity index is 1100. The van der Waals surface area contributed by atoms with Crippen molar-refractivity contribution in [1.29, 1.82) is 0 Å². The molecule has 0 radical (unpaired) electrons. The first-order valence-corrected chi connectivity index (χ1v) is 12.6. The van der Waals surface area contributed by atoms with E-state index in [-0.39, 0.29) is 23.5 Å². The van der Waals surface area contributed by atoms with Gasteiger partial charge in [0, 0.05) is 23.3 Å². The average Bonchev–Trinajstić information content (AvgIpc) is 2.69. The van der Waals surface area contributed by atoms with E-state index in [1.165, 1.54) is 11.1 Å². The van der Waals surface area contributed by atoms with E-state index in [9.17, 15) is 9.79 Å². The zero-order chi connectivity index (χ0) is 21.7. The highest BCUT2D eigenvalue weighted by Crippen LogP contribution is 2.50. The second kappa shape index (κ2) is 9.63. The Balaban J connectivity index is 2.09. The minimum Gasteiger partial charge on any atom is -0.776 e. The lowest BCUT2D eigenvalue weighted by atomic mass is 9.64. The molecule has 0 spiro atoms.